The van der Waals surface area contributed by atoms with Crippen LogP contribution in [0.25, 0.3) is 12.2 Å². The number of phenolic OH excluding ortho intramolecular Hbond substituents is 2. The minimum Gasteiger partial charge on any atom is -0.507 e. The lowest BCUT2D eigenvalue weighted by Crippen LogP contribution is -2.18. The van der Waals surface area contributed by atoms with Gasteiger partial charge < -0.3 is 10.2 Å². The Morgan fingerprint density at radius 2 is 0.795 bits per heavy atom. The van der Waals surface area contributed by atoms with Crippen LogP contribution < -0.4 is 0 Å². The Balaban J connectivity index is 2.13. The minimum absolute atomic E-state index is 0.0895. The number of phenols is 2. The summed E-state index contributed by atoms with van der Waals surface area (Å²) in [6.45, 7) is 25.3. The number of carbonyl (C=O) groups is 1. The molecule has 0 spiro atoms. The Labute approximate surface area is 237 Å². The molecule has 2 aromatic rings. The molecule has 1 fully saturated rings. The maximum atomic E-state index is 13.8. The molecule has 0 heterocycles. The molecule has 0 amide bonds. The van der Waals surface area contributed by atoms with E-state index < -0.39 is 0 Å². The summed E-state index contributed by atoms with van der Waals surface area (Å²) >= 11 is 0. The van der Waals surface area contributed by atoms with Crippen LogP contribution >= 0.6 is 0 Å². The highest BCUT2D eigenvalue weighted by atomic mass is 16.3. The van der Waals surface area contributed by atoms with E-state index in [4.69, 9.17) is 0 Å². The van der Waals surface area contributed by atoms with Gasteiger partial charge in [0.05, 0.1) is 0 Å². The fraction of sp³-hybridized carbons (Fsp3) is 0.528. The number of hydrogen-bond acceptors (Lipinski definition) is 3. The number of carbonyl (C=O) groups excluding carboxylic acids is 1. The van der Waals surface area contributed by atoms with Crippen molar-refractivity contribution in [1.29, 1.82) is 0 Å². The second-order valence-electron chi connectivity index (χ2n) is 15.5. The number of rotatable bonds is 2. The average molecular weight is 531 g/mol. The number of aromatic hydroxyl groups is 2. The summed E-state index contributed by atoms with van der Waals surface area (Å²) in [6.07, 6.45) is 6.44. The second kappa shape index (κ2) is 10.3. The summed E-state index contributed by atoms with van der Waals surface area (Å²) < 4.78 is 0. The standard InChI is InChI=1S/C36H50O3/c1-33(2,3)26-18-22(19-27(31(26)38)34(4,5)6)16-24-14-13-15-25(30(24)37)17-23-20-28(35(7,8)9)32(39)29(21-23)36(10,11)12/h16-21,38-39H,13-15H2,1-12H3/b24-16-,25-17-. The molecule has 3 nitrogen and oxygen atoms in total. The zero-order valence-electron chi connectivity index (χ0n) is 26.4. The summed E-state index contributed by atoms with van der Waals surface area (Å²) in [6, 6.07) is 8.14. The highest BCUT2D eigenvalue weighted by Crippen LogP contribution is 2.42. The summed E-state index contributed by atoms with van der Waals surface area (Å²) in [5.74, 6) is 0.792. The van der Waals surface area contributed by atoms with Crippen LogP contribution in [-0.2, 0) is 26.5 Å². The first-order chi connectivity index (χ1) is 17.6. The Kier molecular flexibility index (Phi) is 8.12. The molecule has 3 rings (SSSR count). The lowest BCUT2D eigenvalue weighted by molar-refractivity contribution is -0.112. The quantitative estimate of drug-likeness (QED) is 0.380. The first kappa shape index (κ1) is 30.7. The normalized spacial score (nSPS) is 17.8. The molecule has 0 aromatic heterocycles. The molecule has 0 aliphatic heterocycles. The molecule has 2 N–H and O–H groups in total. The van der Waals surface area contributed by atoms with Gasteiger partial charge >= 0.3 is 0 Å². The van der Waals surface area contributed by atoms with E-state index in [9.17, 15) is 15.0 Å². The summed E-state index contributed by atoms with van der Waals surface area (Å²) in [4.78, 5) is 13.8. The van der Waals surface area contributed by atoms with Crippen molar-refractivity contribution >= 4 is 17.9 Å². The molecule has 0 radical (unpaired) electrons. The molecular weight excluding hydrogens is 480 g/mol. The second-order valence-corrected chi connectivity index (χ2v) is 15.5. The van der Waals surface area contributed by atoms with Gasteiger partial charge in [-0.25, -0.2) is 0 Å². The molecule has 0 saturated heterocycles. The SMILES string of the molecule is CC(C)(C)c1cc(/C=C2/CCC/C(=C/c3cc(C(C)(C)C)c(O)c(C(C)(C)C)c3)C2=O)cc(C(C)(C)C)c1O. The van der Waals surface area contributed by atoms with Gasteiger partial charge in [-0.15, -0.1) is 0 Å². The molecule has 0 atom stereocenters. The Bertz CT molecular complexity index is 1150. The maximum absolute atomic E-state index is 13.8. The summed E-state index contributed by atoms with van der Waals surface area (Å²) in [5.41, 5.74) is 6.22. The van der Waals surface area contributed by atoms with E-state index in [0.29, 0.717) is 11.5 Å². The lowest BCUT2D eigenvalue weighted by atomic mass is 9.77. The van der Waals surface area contributed by atoms with Crippen LogP contribution in [0, 0.1) is 0 Å². The molecule has 0 bridgehead atoms. The molecule has 212 valence electrons. The zero-order valence-corrected chi connectivity index (χ0v) is 26.4. The third-order valence-electron chi connectivity index (χ3n) is 7.65. The van der Waals surface area contributed by atoms with Crippen LogP contribution in [0.1, 0.15) is 136 Å². The van der Waals surface area contributed by atoms with E-state index in [2.05, 4.69) is 83.1 Å². The maximum Gasteiger partial charge on any atom is 0.185 e. The molecule has 0 unspecified atom stereocenters. The van der Waals surface area contributed by atoms with E-state index in [1.165, 1.54) is 0 Å². The Morgan fingerprint density at radius 1 is 0.538 bits per heavy atom. The first-order valence-corrected chi connectivity index (χ1v) is 14.3. The topological polar surface area (TPSA) is 57.5 Å². The Hall–Kier alpha value is -2.81. The number of hydrogen-bond donors (Lipinski definition) is 2. The first-order valence-electron chi connectivity index (χ1n) is 14.3. The fourth-order valence-electron chi connectivity index (χ4n) is 5.35. The van der Waals surface area contributed by atoms with E-state index >= 15 is 0 Å². The Morgan fingerprint density at radius 3 is 1.03 bits per heavy atom. The minimum atomic E-state index is -0.228. The molecule has 3 heteroatoms. The monoisotopic (exact) mass is 530 g/mol. The van der Waals surface area contributed by atoms with Crippen LogP contribution in [0.15, 0.2) is 35.4 Å². The van der Waals surface area contributed by atoms with Crippen molar-refractivity contribution in [3.05, 3.63) is 68.8 Å². The molecule has 1 saturated carbocycles. The predicted octanol–water partition coefficient (Wildman–Crippen LogP) is 9.51. The van der Waals surface area contributed by atoms with Gasteiger partial charge in [0.2, 0.25) is 0 Å². The van der Waals surface area contributed by atoms with Crippen molar-refractivity contribution in [2.75, 3.05) is 0 Å². The van der Waals surface area contributed by atoms with Crippen LogP contribution in [0.2, 0.25) is 0 Å². The van der Waals surface area contributed by atoms with Crippen molar-refractivity contribution in [1.82, 2.24) is 0 Å². The third kappa shape index (κ3) is 6.86. The van der Waals surface area contributed by atoms with Crippen molar-refractivity contribution < 1.29 is 15.0 Å². The van der Waals surface area contributed by atoms with E-state index in [1.807, 2.05) is 36.4 Å². The number of allylic oxidation sites excluding steroid dienone is 2. The highest BCUT2D eigenvalue weighted by molar-refractivity contribution is 6.14. The van der Waals surface area contributed by atoms with E-state index in [0.717, 1.165) is 63.8 Å². The lowest BCUT2D eigenvalue weighted by Gasteiger charge is -2.28. The fourth-order valence-corrected chi connectivity index (χ4v) is 5.35. The van der Waals surface area contributed by atoms with Gasteiger partial charge in [-0.1, -0.05) is 83.1 Å². The van der Waals surface area contributed by atoms with Gasteiger partial charge in [-0.2, -0.15) is 0 Å². The van der Waals surface area contributed by atoms with Crippen molar-refractivity contribution in [2.45, 2.75) is 124 Å². The molecular formula is C36H50O3. The number of Topliss-reactive ketones (excluding diaryl/α,β-unsaturated/α-hetero) is 1. The van der Waals surface area contributed by atoms with Crippen LogP contribution in [-0.4, -0.2) is 16.0 Å². The predicted molar refractivity (Wildman–Crippen MR) is 166 cm³/mol. The van der Waals surface area contributed by atoms with Crippen molar-refractivity contribution in [2.24, 2.45) is 0 Å². The molecule has 39 heavy (non-hydrogen) atoms. The van der Waals surface area contributed by atoms with Gasteiger partial charge in [0.1, 0.15) is 11.5 Å². The smallest absolute Gasteiger partial charge is 0.185 e. The van der Waals surface area contributed by atoms with Gasteiger partial charge in [-0.3, -0.25) is 4.79 Å². The highest BCUT2D eigenvalue weighted by Gasteiger charge is 2.29. The van der Waals surface area contributed by atoms with Gasteiger partial charge in [0.15, 0.2) is 5.78 Å². The summed E-state index contributed by atoms with van der Waals surface area (Å²) in [7, 11) is 0. The zero-order chi connectivity index (χ0) is 29.7. The van der Waals surface area contributed by atoms with Crippen LogP contribution in [0.4, 0.5) is 0 Å². The van der Waals surface area contributed by atoms with Crippen LogP contribution in [0.3, 0.4) is 0 Å². The molecule has 1 aliphatic rings. The molecule has 2 aromatic carbocycles. The molecule has 1 aliphatic carbocycles. The van der Waals surface area contributed by atoms with E-state index in [-0.39, 0.29) is 27.4 Å². The van der Waals surface area contributed by atoms with Crippen molar-refractivity contribution in [3.63, 3.8) is 0 Å². The number of ketones is 1. The van der Waals surface area contributed by atoms with Crippen LogP contribution in [0.5, 0.6) is 11.5 Å². The number of benzene rings is 2. The van der Waals surface area contributed by atoms with Crippen molar-refractivity contribution in [3.8, 4) is 11.5 Å². The largest absolute Gasteiger partial charge is 0.507 e. The third-order valence-corrected chi connectivity index (χ3v) is 7.65. The van der Waals surface area contributed by atoms with E-state index in [1.54, 1.807) is 0 Å². The average Bonchev–Trinajstić information content (AvgIpc) is 2.75. The van der Waals surface area contributed by atoms with Gasteiger partial charge in [-0.05, 0) is 88.5 Å². The van der Waals surface area contributed by atoms with Gasteiger partial charge in [0, 0.05) is 33.4 Å². The summed E-state index contributed by atoms with van der Waals surface area (Å²) in [5, 5.41) is 22.2. The van der Waals surface area contributed by atoms with Gasteiger partial charge in [0.25, 0.3) is 0 Å².